The van der Waals surface area contributed by atoms with Crippen LogP contribution in [0.5, 0.6) is 0 Å². The van der Waals surface area contributed by atoms with E-state index in [1.54, 1.807) is 6.08 Å². The molecule has 1 aliphatic rings. The number of hydrogen-bond donors (Lipinski definition) is 1. The first-order chi connectivity index (χ1) is 4.75. The molecular weight excluding hydrogens is 132 g/mol. The lowest BCUT2D eigenvalue weighted by atomic mass is 10.1. The predicted octanol–water partition coefficient (Wildman–Crippen LogP) is 0.930. The molecule has 0 aromatic carbocycles. The van der Waals surface area contributed by atoms with Gasteiger partial charge in [-0.05, 0) is 0 Å². The Labute approximate surface area is 58.6 Å². The molecule has 0 saturated heterocycles. The van der Waals surface area contributed by atoms with Crippen molar-refractivity contribution in [2.45, 2.75) is 12.5 Å². The average molecular weight is 140 g/mol. The van der Waals surface area contributed by atoms with E-state index in [9.17, 15) is 4.79 Å². The topological polar surface area (TPSA) is 46.5 Å². The normalized spacial score (nSPS) is 22.0. The van der Waals surface area contributed by atoms with Gasteiger partial charge >= 0.3 is 5.97 Å². The molecule has 0 aliphatic carbocycles. The van der Waals surface area contributed by atoms with Crippen LogP contribution in [0.25, 0.3) is 0 Å². The number of ether oxygens (including phenoxy) is 1. The third-order valence-electron chi connectivity index (χ3n) is 1.33. The van der Waals surface area contributed by atoms with E-state index in [0.29, 0.717) is 12.0 Å². The highest BCUT2D eigenvalue weighted by Crippen LogP contribution is 2.21. The Morgan fingerprint density at radius 1 is 2.00 bits per heavy atom. The molecule has 1 N–H and O–H groups in total. The maximum Gasteiger partial charge on any atom is 0.338 e. The molecule has 0 saturated carbocycles. The lowest BCUT2D eigenvalue weighted by molar-refractivity contribution is -0.135. The first-order valence-corrected chi connectivity index (χ1v) is 2.95. The minimum absolute atomic E-state index is 0.269. The molecule has 0 bridgehead atoms. The Bertz CT molecular complexity index is 193. The van der Waals surface area contributed by atoms with Gasteiger partial charge in [-0.25, -0.2) is 4.79 Å². The Balaban J connectivity index is 2.49. The smallest absolute Gasteiger partial charge is 0.338 e. The van der Waals surface area contributed by atoms with E-state index in [4.69, 9.17) is 9.84 Å². The van der Waals surface area contributed by atoms with Crippen LogP contribution < -0.4 is 0 Å². The molecule has 1 heterocycles. The minimum atomic E-state index is -0.905. The molecular formula is C7H8O3. The van der Waals surface area contributed by atoms with Gasteiger partial charge in [-0.1, -0.05) is 6.08 Å². The quantitative estimate of drug-likeness (QED) is 0.593. The zero-order valence-electron chi connectivity index (χ0n) is 5.41. The van der Waals surface area contributed by atoms with Crippen molar-refractivity contribution >= 4 is 5.97 Å². The summed E-state index contributed by atoms with van der Waals surface area (Å²) in [5.74, 6) is -0.905. The monoisotopic (exact) mass is 140 g/mol. The summed E-state index contributed by atoms with van der Waals surface area (Å²) in [6.07, 6.45) is 3.20. The van der Waals surface area contributed by atoms with Crippen LogP contribution in [0.2, 0.25) is 0 Å². The summed E-state index contributed by atoms with van der Waals surface area (Å²) in [5.41, 5.74) is 0.333. The molecule has 0 aromatic heterocycles. The second-order valence-corrected chi connectivity index (χ2v) is 2.03. The van der Waals surface area contributed by atoms with Crippen LogP contribution in [-0.2, 0) is 9.53 Å². The number of hydrogen-bond acceptors (Lipinski definition) is 2. The summed E-state index contributed by atoms with van der Waals surface area (Å²) in [4.78, 5) is 10.3. The van der Waals surface area contributed by atoms with Crippen molar-refractivity contribution < 1.29 is 14.6 Å². The first kappa shape index (κ1) is 6.86. The van der Waals surface area contributed by atoms with Crippen molar-refractivity contribution in [2.75, 3.05) is 0 Å². The molecule has 0 spiro atoms. The van der Waals surface area contributed by atoms with Gasteiger partial charge in [-0.2, -0.15) is 0 Å². The van der Waals surface area contributed by atoms with E-state index in [2.05, 4.69) is 6.58 Å². The summed E-state index contributed by atoms with van der Waals surface area (Å²) in [6, 6.07) is 0. The van der Waals surface area contributed by atoms with Crippen molar-refractivity contribution in [3.8, 4) is 0 Å². The number of carbonyl (C=O) groups is 1. The lowest BCUT2D eigenvalue weighted by Gasteiger charge is -2.23. The molecule has 0 fully saturated rings. The summed E-state index contributed by atoms with van der Waals surface area (Å²) in [6.45, 7) is 3.48. The fourth-order valence-corrected chi connectivity index (χ4v) is 0.754. The molecule has 1 atom stereocenters. The van der Waals surface area contributed by atoms with Gasteiger partial charge < -0.3 is 9.84 Å². The second-order valence-electron chi connectivity index (χ2n) is 2.03. The number of aliphatic carboxylic acids is 1. The van der Waals surface area contributed by atoms with Crippen molar-refractivity contribution in [2.24, 2.45) is 0 Å². The molecule has 1 rings (SSSR count). The summed E-state index contributed by atoms with van der Waals surface area (Å²) < 4.78 is 4.83. The zero-order chi connectivity index (χ0) is 7.56. The molecule has 1 aliphatic heterocycles. The lowest BCUT2D eigenvalue weighted by Crippen LogP contribution is -2.27. The van der Waals surface area contributed by atoms with E-state index in [0.717, 1.165) is 0 Å². The molecule has 0 amide bonds. The maximum absolute atomic E-state index is 10.3. The molecule has 0 aromatic rings. The maximum atomic E-state index is 10.3. The highest BCUT2D eigenvalue weighted by Gasteiger charge is 2.27. The Hall–Kier alpha value is -1.25. The van der Waals surface area contributed by atoms with Crippen LogP contribution in [0.15, 0.2) is 24.5 Å². The molecule has 3 heteroatoms. The van der Waals surface area contributed by atoms with Crippen molar-refractivity contribution in [1.82, 2.24) is 0 Å². The highest BCUT2D eigenvalue weighted by molar-refractivity contribution is 5.88. The average Bonchev–Trinajstić information content (AvgIpc) is 1.78. The highest BCUT2D eigenvalue weighted by atomic mass is 16.5. The van der Waals surface area contributed by atoms with Gasteiger partial charge in [0.05, 0.1) is 6.26 Å². The van der Waals surface area contributed by atoms with Crippen LogP contribution in [0, 0.1) is 0 Å². The molecule has 54 valence electrons. The Morgan fingerprint density at radius 2 is 2.70 bits per heavy atom. The van der Waals surface area contributed by atoms with Gasteiger partial charge in [0.15, 0.2) is 0 Å². The van der Waals surface area contributed by atoms with Crippen LogP contribution in [-0.4, -0.2) is 17.2 Å². The first-order valence-electron chi connectivity index (χ1n) is 2.95. The number of carboxylic acid groups (broad SMARTS) is 1. The summed E-state index contributed by atoms with van der Waals surface area (Å²) in [7, 11) is 0. The fourth-order valence-electron chi connectivity index (χ4n) is 0.754. The van der Waals surface area contributed by atoms with Gasteiger partial charge in [-0.15, -0.1) is 6.58 Å². The van der Waals surface area contributed by atoms with E-state index in [1.165, 1.54) is 6.26 Å². The van der Waals surface area contributed by atoms with Crippen molar-refractivity contribution in [3.05, 3.63) is 24.5 Å². The van der Waals surface area contributed by atoms with E-state index >= 15 is 0 Å². The van der Waals surface area contributed by atoms with E-state index < -0.39 is 5.97 Å². The SMILES string of the molecule is C=CCC1OC=C1C(=O)O. The van der Waals surface area contributed by atoms with Crippen LogP contribution in [0.1, 0.15) is 6.42 Å². The molecule has 3 nitrogen and oxygen atoms in total. The van der Waals surface area contributed by atoms with Gasteiger partial charge in [0.1, 0.15) is 11.7 Å². The third-order valence-corrected chi connectivity index (χ3v) is 1.33. The zero-order valence-corrected chi connectivity index (χ0v) is 5.41. The number of carboxylic acids is 1. The van der Waals surface area contributed by atoms with Gasteiger partial charge in [0.2, 0.25) is 0 Å². The summed E-state index contributed by atoms with van der Waals surface area (Å²) in [5, 5.41) is 8.45. The number of rotatable bonds is 3. The van der Waals surface area contributed by atoms with Gasteiger partial charge in [-0.3, -0.25) is 0 Å². The molecule has 1 unspecified atom stereocenters. The van der Waals surface area contributed by atoms with Gasteiger partial charge in [0, 0.05) is 6.42 Å². The third kappa shape index (κ3) is 1.03. The Kier molecular flexibility index (Phi) is 1.76. The van der Waals surface area contributed by atoms with Crippen molar-refractivity contribution in [3.63, 3.8) is 0 Å². The minimum Gasteiger partial charge on any atom is -0.492 e. The fraction of sp³-hybridized carbons (Fsp3) is 0.286. The standard InChI is InChI=1S/C7H8O3/c1-2-3-6-5(4-10-6)7(8)9/h2,4,6H,1,3H2,(H,8,9). The predicted molar refractivity (Wildman–Crippen MR) is 35.4 cm³/mol. The second kappa shape index (κ2) is 2.56. The molecule has 10 heavy (non-hydrogen) atoms. The van der Waals surface area contributed by atoms with Crippen molar-refractivity contribution in [1.29, 1.82) is 0 Å². The Morgan fingerprint density at radius 3 is 3.00 bits per heavy atom. The van der Waals surface area contributed by atoms with E-state index in [-0.39, 0.29) is 6.10 Å². The van der Waals surface area contributed by atoms with E-state index in [1.807, 2.05) is 0 Å². The van der Waals surface area contributed by atoms with Crippen LogP contribution in [0.4, 0.5) is 0 Å². The summed E-state index contributed by atoms with van der Waals surface area (Å²) >= 11 is 0. The molecule has 0 radical (unpaired) electrons. The van der Waals surface area contributed by atoms with Gasteiger partial charge in [0.25, 0.3) is 0 Å². The van der Waals surface area contributed by atoms with Crippen LogP contribution >= 0.6 is 0 Å². The largest absolute Gasteiger partial charge is 0.492 e. The van der Waals surface area contributed by atoms with Crippen LogP contribution in [0.3, 0.4) is 0 Å².